The minimum absolute atomic E-state index is 0.00289. The first-order valence-electron chi connectivity index (χ1n) is 7.72. The SMILES string of the molecule is COc1cc(CC(C(=O)Nc2ccc(F)cc2)c2nn[nH]n2)ccc1O. The lowest BCUT2D eigenvalue weighted by Crippen LogP contribution is -2.24. The molecule has 0 spiro atoms. The quantitative estimate of drug-likeness (QED) is 0.622. The fourth-order valence-electron chi connectivity index (χ4n) is 2.47. The summed E-state index contributed by atoms with van der Waals surface area (Å²) in [5.41, 5.74) is 1.19. The van der Waals surface area contributed by atoms with Crippen molar-refractivity contribution in [1.29, 1.82) is 0 Å². The summed E-state index contributed by atoms with van der Waals surface area (Å²) in [6.45, 7) is 0. The smallest absolute Gasteiger partial charge is 0.235 e. The molecule has 0 saturated heterocycles. The van der Waals surface area contributed by atoms with Gasteiger partial charge in [-0.05, 0) is 48.4 Å². The molecule has 134 valence electrons. The number of carbonyl (C=O) groups is 1. The number of phenolic OH excluding ortho intramolecular Hbond substituents is 1. The van der Waals surface area contributed by atoms with Crippen LogP contribution in [0.3, 0.4) is 0 Å². The molecule has 0 aliphatic carbocycles. The maximum absolute atomic E-state index is 13.0. The van der Waals surface area contributed by atoms with Gasteiger partial charge in [0.2, 0.25) is 5.91 Å². The molecule has 9 heteroatoms. The summed E-state index contributed by atoms with van der Waals surface area (Å²) in [5, 5.41) is 26.0. The Kier molecular flexibility index (Phi) is 5.07. The van der Waals surface area contributed by atoms with E-state index >= 15 is 0 Å². The van der Waals surface area contributed by atoms with Crippen molar-refractivity contribution < 1.29 is 19.0 Å². The van der Waals surface area contributed by atoms with Crippen LogP contribution in [0.15, 0.2) is 42.5 Å². The van der Waals surface area contributed by atoms with Gasteiger partial charge in [-0.3, -0.25) is 4.79 Å². The molecular formula is C17H16FN5O3. The van der Waals surface area contributed by atoms with Gasteiger partial charge in [0.05, 0.1) is 7.11 Å². The van der Waals surface area contributed by atoms with Crippen molar-refractivity contribution in [3.63, 3.8) is 0 Å². The average Bonchev–Trinajstić information content (AvgIpc) is 3.17. The molecule has 1 aromatic heterocycles. The van der Waals surface area contributed by atoms with Crippen LogP contribution in [-0.2, 0) is 11.2 Å². The molecule has 0 bridgehead atoms. The van der Waals surface area contributed by atoms with E-state index in [1.807, 2.05) is 0 Å². The standard InChI is InChI=1S/C17H16FN5O3/c1-26-15-9-10(2-7-14(15)24)8-13(16-20-22-23-21-16)17(25)19-12-5-3-11(18)4-6-12/h2-7,9,13,24H,8H2,1H3,(H,19,25)(H,20,21,22,23). The van der Waals surface area contributed by atoms with Gasteiger partial charge in [0.15, 0.2) is 17.3 Å². The van der Waals surface area contributed by atoms with E-state index in [9.17, 15) is 14.3 Å². The maximum atomic E-state index is 13.0. The van der Waals surface area contributed by atoms with Crippen LogP contribution >= 0.6 is 0 Å². The summed E-state index contributed by atoms with van der Waals surface area (Å²) in [6, 6.07) is 10.2. The number of nitrogens with one attached hydrogen (secondary N) is 2. The molecule has 0 fully saturated rings. The van der Waals surface area contributed by atoms with Crippen molar-refractivity contribution in [3.8, 4) is 11.5 Å². The molecular weight excluding hydrogens is 341 g/mol. The van der Waals surface area contributed by atoms with Gasteiger partial charge in [-0.1, -0.05) is 11.3 Å². The zero-order valence-corrected chi connectivity index (χ0v) is 13.8. The fourth-order valence-corrected chi connectivity index (χ4v) is 2.47. The molecule has 1 heterocycles. The Morgan fingerprint density at radius 3 is 2.73 bits per heavy atom. The summed E-state index contributed by atoms with van der Waals surface area (Å²) in [6.07, 6.45) is 0.253. The van der Waals surface area contributed by atoms with Crippen molar-refractivity contribution in [2.75, 3.05) is 12.4 Å². The van der Waals surface area contributed by atoms with Crippen LogP contribution in [0.2, 0.25) is 0 Å². The number of amides is 1. The zero-order chi connectivity index (χ0) is 18.5. The lowest BCUT2D eigenvalue weighted by molar-refractivity contribution is -0.117. The van der Waals surface area contributed by atoms with E-state index in [-0.39, 0.29) is 23.9 Å². The molecule has 2 aromatic carbocycles. The Hall–Kier alpha value is -3.49. The summed E-state index contributed by atoms with van der Waals surface area (Å²) in [7, 11) is 1.44. The van der Waals surface area contributed by atoms with E-state index in [2.05, 4.69) is 25.9 Å². The number of aromatic nitrogens is 4. The second kappa shape index (κ2) is 7.60. The summed E-state index contributed by atoms with van der Waals surface area (Å²) in [4.78, 5) is 12.7. The number of anilines is 1. The molecule has 8 nitrogen and oxygen atoms in total. The van der Waals surface area contributed by atoms with E-state index in [1.165, 1.54) is 37.4 Å². The number of carbonyl (C=O) groups excluding carboxylic acids is 1. The monoisotopic (exact) mass is 357 g/mol. The number of aromatic hydroxyl groups is 1. The number of tetrazole rings is 1. The lowest BCUT2D eigenvalue weighted by atomic mass is 9.97. The zero-order valence-electron chi connectivity index (χ0n) is 13.8. The minimum Gasteiger partial charge on any atom is -0.504 e. The van der Waals surface area contributed by atoms with E-state index in [0.717, 1.165) is 5.56 Å². The molecule has 1 atom stereocenters. The van der Waals surface area contributed by atoms with Crippen molar-refractivity contribution in [1.82, 2.24) is 20.6 Å². The van der Waals surface area contributed by atoms with Crippen molar-refractivity contribution >= 4 is 11.6 Å². The van der Waals surface area contributed by atoms with Crippen LogP contribution in [0.1, 0.15) is 17.3 Å². The van der Waals surface area contributed by atoms with E-state index < -0.39 is 11.7 Å². The van der Waals surface area contributed by atoms with E-state index in [0.29, 0.717) is 11.4 Å². The van der Waals surface area contributed by atoms with Gasteiger partial charge in [0.1, 0.15) is 11.7 Å². The molecule has 26 heavy (non-hydrogen) atoms. The van der Waals surface area contributed by atoms with Crippen LogP contribution < -0.4 is 10.1 Å². The first kappa shape index (κ1) is 17.3. The molecule has 3 N–H and O–H groups in total. The van der Waals surface area contributed by atoms with Crippen LogP contribution in [0.4, 0.5) is 10.1 Å². The number of H-pyrrole nitrogens is 1. The van der Waals surface area contributed by atoms with Gasteiger partial charge in [-0.2, -0.15) is 5.21 Å². The largest absolute Gasteiger partial charge is 0.504 e. The Morgan fingerprint density at radius 2 is 2.08 bits per heavy atom. The van der Waals surface area contributed by atoms with Crippen LogP contribution in [0, 0.1) is 5.82 Å². The van der Waals surface area contributed by atoms with Gasteiger partial charge in [-0.15, -0.1) is 10.2 Å². The second-order valence-electron chi connectivity index (χ2n) is 5.53. The second-order valence-corrected chi connectivity index (χ2v) is 5.53. The normalized spacial score (nSPS) is 11.8. The van der Waals surface area contributed by atoms with E-state index in [1.54, 1.807) is 12.1 Å². The Balaban J connectivity index is 1.83. The van der Waals surface area contributed by atoms with Crippen LogP contribution in [-0.4, -0.2) is 38.7 Å². The van der Waals surface area contributed by atoms with Gasteiger partial charge >= 0.3 is 0 Å². The highest BCUT2D eigenvalue weighted by Gasteiger charge is 2.26. The highest BCUT2D eigenvalue weighted by Crippen LogP contribution is 2.29. The number of aromatic amines is 1. The highest BCUT2D eigenvalue weighted by molar-refractivity contribution is 5.95. The lowest BCUT2D eigenvalue weighted by Gasteiger charge is -2.14. The number of hydrogen-bond acceptors (Lipinski definition) is 6. The molecule has 0 aliphatic rings. The van der Waals surface area contributed by atoms with Gasteiger partial charge in [-0.25, -0.2) is 4.39 Å². The molecule has 0 radical (unpaired) electrons. The van der Waals surface area contributed by atoms with Crippen LogP contribution in [0.5, 0.6) is 11.5 Å². The van der Waals surface area contributed by atoms with Gasteiger partial charge < -0.3 is 15.2 Å². The predicted octanol–water partition coefficient (Wildman–Crippen LogP) is 2.02. The third kappa shape index (κ3) is 3.94. The number of phenols is 1. The number of hydrogen-bond donors (Lipinski definition) is 3. The Labute approximate surface area is 148 Å². The van der Waals surface area contributed by atoms with Gasteiger partial charge in [0.25, 0.3) is 0 Å². The van der Waals surface area contributed by atoms with Gasteiger partial charge in [0, 0.05) is 5.69 Å². The number of benzene rings is 2. The number of ether oxygens (including phenoxy) is 1. The third-order valence-electron chi connectivity index (χ3n) is 3.79. The molecule has 0 aliphatic heterocycles. The Morgan fingerprint density at radius 1 is 1.31 bits per heavy atom. The fraction of sp³-hybridized carbons (Fsp3) is 0.176. The average molecular weight is 357 g/mol. The van der Waals surface area contributed by atoms with Crippen molar-refractivity contribution in [3.05, 3.63) is 59.7 Å². The van der Waals surface area contributed by atoms with Crippen LogP contribution in [0.25, 0.3) is 0 Å². The summed E-state index contributed by atoms with van der Waals surface area (Å²) in [5.74, 6) is -0.986. The molecule has 3 rings (SSSR count). The molecule has 0 saturated carbocycles. The highest BCUT2D eigenvalue weighted by atomic mass is 19.1. The molecule has 1 unspecified atom stereocenters. The van der Waals surface area contributed by atoms with E-state index in [4.69, 9.17) is 4.74 Å². The summed E-state index contributed by atoms with van der Waals surface area (Å²) < 4.78 is 18.1. The predicted molar refractivity (Wildman–Crippen MR) is 90.3 cm³/mol. The summed E-state index contributed by atoms with van der Waals surface area (Å²) >= 11 is 0. The molecule has 1 amide bonds. The first-order valence-corrected chi connectivity index (χ1v) is 7.72. The molecule has 3 aromatic rings. The number of halogens is 1. The van der Waals surface area contributed by atoms with Crippen molar-refractivity contribution in [2.24, 2.45) is 0 Å². The Bertz CT molecular complexity index is 884. The number of methoxy groups -OCH3 is 1. The number of rotatable bonds is 6. The first-order chi connectivity index (χ1) is 12.6. The topological polar surface area (TPSA) is 113 Å². The third-order valence-corrected chi connectivity index (χ3v) is 3.79. The van der Waals surface area contributed by atoms with Crippen molar-refractivity contribution in [2.45, 2.75) is 12.3 Å². The minimum atomic E-state index is -0.743. The number of nitrogens with zero attached hydrogens (tertiary/aromatic N) is 3. The maximum Gasteiger partial charge on any atom is 0.235 e.